The summed E-state index contributed by atoms with van der Waals surface area (Å²) < 4.78 is 0. The van der Waals surface area contributed by atoms with Gasteiger partial charge in [-0.1, -0.05) is 30.3 Å². The lowest BCUT2D eigenvalue weighted by molar-refractivity contribution is 0.238. The van der Waals surface area contributed by atoms with Crippen molar-refractivity contribution in [1.82, 2.24) is 9.97 Å². The number of aliphatic hydroxyl groups is 1. The summed E-state index contributed by atoms with van der Waals surface area (Å²) in [4.78, 5) is 11.4. The van der Waals surface area contributed by atoms with Crippen LogP contribution in [-0.2, 0) is 0 Å². The van der Waals surface area contributed by atoms with E-state index < -0.39 is 0 Å². The summed E-state index contributed by atoms with van der Waals surface area (Å²) in [6.45, 7) is 2.02. The first-order valence-electron chi connectivity index (χ1n) is 7.28. The van der Waals surface area contributed by atoms with Gasteiger partial charge in [-0.05, 0) is 6.42 Å². The lowest BCUT2D eigenvalue weighted by Crippen LogP contribution is -2.22. The van der Waals surface area contributed by atoms with Crippen LogP contribution in [0, 0.1) is 5.92 Å². The molecule has 3 rings (SSSR count). The van der Waals surface area contributed by atoms with Gasteiger partial charge in [-0.3, -0.25) is 0 Å². The average molecular weight is 284 g/mol. The molecule has 1 saturated heterocycles. The van der Waals surface area contributed by atoms with Crippen LogP contribution in [0.2, 0.25) is 0 Å². The van der Waals surface area contributed by atoms with Gasteiger partial charge in [-0.25, -0.2) is 9.97 Å². The van der Waals surface area contributed by atoms with Crippen molar-refractivity contribution in [2.24, 2.45) is 5.92 Å². The third-order valence-corrected chi connectivity index (χ3v) is 3.87. The Bertz CT molecular complexity index is 602. The molecule has 5 heteroatoms. The number of benzene rings is 1. The molecular weight excluding hydrogens is 264 g/mol. The van der Waals surface area contributed by atoms with E-state index in [0.717, 1.165) is 42.5 Å². The summed E-state index contributed by atoms with van der Waals surface area (Å²) in [5, 5.41) is 12.4. The zero-order chi connectivity index (χ0) is 14.7. The standard InChI is InChI=1S/C16H20N4O/c1-17-14-9-15(20-8-7-12(10-20)11-21)19-16(18-14)13-5-3-2-4-6-13/h2-6,9,12,21H,7-8,10-11H2,1H3,(H,17,18,19). The molecule has 0 spiro atoms. The quantitative estimate of drug-likeness (QED) is 0.899. The van der Waals surface area contributed by atoms with Crippen molar-refractivity contribution in [3.05, 3.63) is 36.4 Å². The van der Waals surface area contributed by atoms with E-state index in [-0.39, 0.29) is 6.61 Å². The minimum atomic E-state index is 0.242. The first-order valence-corrected chi connectivity index (χ1v) is 7.28. The van der Waals surface area contributed by atoms with Crippen LogP contribution < -0.4 is 10.2 Å². The molecule has 110 valence electrons. The SMILES string of the molecule is CNc1cc(N2CCC(CO)C2)nc(-c2ccccc2)n1. The molecule has 0 radical (unpaired) electrons. The highest BCUT2D eigenvalue weighted by molar-refractivity contribution is 5.61. The van der Waals surface area contributed by atoms with E-state index >= 15 is 0 Å². The lowest BCUT2D eigenvalue weighted by Gasteiger charge is -2.18. The number of rotatable bonds is 4. The third kappa shape index (κ3) is 2.97. The van der Waals surface area contributed by atoms with Gasteiger partial charge >= 0.3 is 0 Å². The summed E-state index contributed by atoms with van der Waals surface area (Å²) in [7, 11) is 1.86. The molecule has 5 nitrogen and oxygen atoms in total. The molecule has 0 bridgehead atoms. The number of nitrogens with zero attached hydrogens (tertiary/aromatic N) is 3. The van der Waals surface area contributed by atoms with Crippen LogP contribution in [0.4, 0.5) is 11.6 Å². The molecule has 1 aromatic heterocycles. The van der Waals surface area contributed by atoms with Crippen molar-refractivity contribution in [3.8, 4) is 11.4 Å². The normalized spacial score (nSPS) is 18.0. The zero-order valence-electron chi connectivity index (χ0n) is 12.2. The monoisotopic (exact) mass is 284 g/mol. The van der Waals surface area contributed by atoms with Crippen LogP contribution in [0.3, 0.4) is 0 Å². The maximum absolute atomic E-state index is 9.29. The molecule has 0 aliphatic carbocycles. The fraction of sp³-hybridized carbons (Fsp3) is 0.375. The summed E-state index contributed by atoms with van der Waals surface area (Å²) >= 11 is 0. The smallest absolute Gasteiger partial charge is 0.163 e. The Kier molecular flexibility index (Phi) is 4.01. The van der Waals surface area contributed by atoms with Gasteiger partial charge in [0.15, 0.2) is 5.82 Å². The number of anilines is 2. The Hall–Kier alpha value is -2.14. The van der Waals surface area contributed by atoms with Crippen molar-refractivity contribution in [1.29, 1.82) is 0 Å². The molecule has 2 aromatic rings. The van der Waals surface area contributed by atoms with Crippen LogP contribution >= 0.6 is 0 Å². The molecule has 0 amide bonds. The van der Waals surface area contributed by atoms with Gasteiger partial charge in [0.25, 0.3) is 0 Å². The Balaban J connectivity index is 1.94. The highest BCUT2D eigenvalue weighted by atomic mass is 16.3. The second-order valence-electron chi connectivity index (χ2n) is 5.33. The van der Waals surface area contributed by atoms with E-state index in [1.807, 2.05) is 43.4 Å². The Morgan fingerprint density at radius 3 is 2.76 bits per heavy atom. The number of hydrogen-bond donors (Lipinski definition) is 2. The fourth-order valence-corrected chi connectivity index (χ4v) is 2.63. The van der Waals surface area contributed by atoms with Crippen LogP contribution in [0.1, 0.15) is 6.42 Å². The largest absolute Gasteiger partial charge is 0.396 e. The molecule has 1 atom stereocenters. The minimum absolute atomic E-state index is 0.242. The molecule has 1 aromatic carbocycles. The summed E-state index contributed by atoms with van der Waals surface area (Å²) in [6, 6.07) is 12.0. The Morgan fingerprint density at radius 2 is 2.10 bits per heavy atom. The predicted octanol–water partition coefficient (Wildman–Crippen LogP) is 2.00. The highest BCUT2D eigenvalue weighted by Gasteiger charge is 2.23. The number of nitrogens with one attached hydrogen (secondary N) is 1. The number of aliphatic hydroxyl groups excluding tert-OH is 1. The summed E-state index contributed by atoms with van der Waals surface area (Å²) in [6.07, 6.45) is 1.01. The highest BCUT2D eigenvalue weighted by Crippen LogP contribution is 2.26. The fourth-order valence-electron chi connectivity index (χ4n) is 2.63. The first-order chi connectivity index (χ1) is 10.3. The van der Waals surface area contributed by atoms with Gasteiger partial charge in [-0.2, -0.15) is 0 Å². The number of aromatic nitrogens is 2. The molecular formula is C16H20N4O. The van der Waals surface area contributed by atoms with Gasteiger partial charge < -0.3 is 15.3 Å². The molecule has 0 saturated carbocycles. The predicted molar refractivity (Wildman–Crippen MR) is 84.4 cm³/mol. The second-order valence-corrected chi connectivity index (χ2v) is 5.33. The van der Waals surface area contributed by atoms with Gasteiger partial charge in [-0.15, -0.1) is 0 Å². The van der Waals surface area contributed by atoms with E-state index in [1.165, 1.54) is 0 Å². The van der Waals surface area contributed by atoms with Gasteiger partial charge in [0.2, 0.25) is 0 Å². The van der Waals surface area contributed by atoms with Crippen molar-refractivity contribution >= 4 is 11.6 Å². The van der Waals surface area contributed by atoms with Gasteiger partial charge in [0.05, 0.1) is 0 Å². The van der Waals surface area contributed by atoms with Crippen molar-refractivity contribution < 1.29 is 5.11 Å². The van der Waals surface area contributed by atoms with E-state index in [1.54, 1.807) is 0 Å². The molecule has 2 N–H and O–H groups in total. The van der Waals surface area contributed by atoms with Crippen LogP contribution in [-0.4, -0.2) is 41.8 Å². The van der Waals surface area contributed by atoms with Gasteiger partial charge in [0.1, 0.15) is 11.6 Å². The lowest BCUT2D eigenvalue weighted by atomic mass is 10.1. The minimum Gasteiger partial charge on any atom is -0.396 e. The maximum atomic E-state index is 9.29. The molecule has 21 heavy (non-hydrogen) atoms. The maximum Gasteiger partial charge on any atom is 0.163 e. The van der Waals surface area contributed by atoms with Crippen molar-refractivity contribution in [2.45, 2.75) is 6.42 Å². The Labute approximate surface area is 124 Å². The molecule has 1 aliphatic heterocycles. The van der Waals surface area contributed by atoms with Crippen LogP contribution in [0.5, 0.6) is 0 Å². The summed E-state index contributed by atoms with van der Waals surface area (Å²) in [5.74, 6) is 2.80. The van der Waals surface area contributed by atoms with E-state index in [0.29, 0.717) is 5.92 Å². The van der Waals surface area contributed by atoms with E-state index in [4.69, 9.17) is 4.98 Å². The first kappa shape index (κ1) is 13.8. The topological polar surface area (TPSA) is 61.3 Å². The van der Waals surface area contributed by atoms with E-state index in [9.17, 15) is 5.11 Å². The summed E-state index contributed by atoms with van der Waals surface area (Å²) in [5.41, 5.74) is 1.01. The van der Waals surface area contributed by atoms with E-state index in [2.05, 4.69) is 15.2 Å². The Morgan fingerprint density at radius 1 is 1.29 bits per heavy atom. The average Bonchev–Trinajstić information content (AvgIpc) is 3.04. The zero-order valence-corrected chi connectivity index (χ0v) is 12.2. The van der Waals surface area contributed by atoms with Crippen LogP contribution in [0.15, 0.2) is 36.4 Å². The second kappa shape index (κ2) is 6.10. The number of hydrogen-bond acceptors (Lipinski definition) is 5. The van der Waals surface area contributed by atoms with Crippen molar-refractivity contribution in [2.75, 3.05) is 37.0 Å². The molecule has 1 aliphatic rings. The van der Waals surface area contributed by atoms with Crippen molar-refractivity contribution in [3.63, 3.8) is 0 Å². The van der Waals surface area contributed by atoms with Crippen LogP contribution in [0.25, 0.3) is 11.4 Å². The molecule has 2 heterocycles. The third-order valence-electron chi connectivity index (χ3n) is 3.87. The van der Waals surface area contributed by atoms with Gasteiger partial charge in [0, 0.05) is 44.3 Å². The molecule has 1 unspecified atom stereocenters. The molecule has 1 fully saturated rings.